The number of thiazole rings is 2. The average molecular weight is 308 g/mol. The quantitative estimate of drug-likeness (QED) is 0.845. The van der Waals surface area contributed by atoms with Gasteiger partial charge in [0.25, 0.3) is 0 Å². The van der Waals surface area contributed by atoms with Crippen LogP contribution in [0, 0.1) is 27.7 Å². The first kappa shape index (κ1) is 15.3. The molecule has 0 spiro atoms. The molecule has 0 saturated carbocycles. The van der Waals surface area contributed by atoms with Gasteiger partial charge < -0.3 is 0 Å². The van der Waals surface area contributed by atoms with Gasteiger partial charge in [-0.1, -0.05) is 0 Å². The van der Waals surface area contributed by atoms with E-state index < -0.39 is 0 Å². The van der Waals surface area contributed by atoms with E-state index in [0.717, 1.165) is 21.4 Å². The predicted octanol–water partition coefficient (Wildman–Crippen LogP) is 4.31. The third-order valence-electron chi connectivity index (χ3n) is 3.68. The van der Waals surface area contributed by atoms with Crippen molar-refractivity contribution in [3.05, 3.63) is 31.2 Å². The fourth-order valence-electron chi connectivity index (χ4n) is 1.98. The van der Waals surface area contributed by atoms with E-state index in [9.17, 15) is 4.79 Å². The van der Waals surface area contributed by atoms with Gasteiger partial charge in [-0.25, -0.2) is 9.97 Å². The summed E-state index contributed by atoms with van der Waals surface area (Å²) in [7, 11) is 0. The van der Waals surface area contributed by atoms with Crippen molar-refractivity contribution in [3.8, 4) is 0 Å². The number of rotatable bonds is 4. The van der Waals surface area contributed by atoms with Crippen LogP contribution in [0.2, 0.25) is 0 Å². The highest BCUT2D eigenvalue weighted by atomic mass is 32.1. The van der Waals surface area contributed by atoms with Gasteiger partial charge in [-0.3, -0.25) is 4.79 Å². The van der Waals surface area contributed by atoms with Gasteiger partial charge in [0.15, 0.2) is 5.78 Å². The second-order valence-corrected chi connectivity index (χ2v) is 7.70. The maximum atomic E-state index is 12.6. The average Bonchev–Trinajstić information content (AvgIpc) is 2.91. The number of nitrogens with zero attached hydrogens (tertiary/aromatic N) is 2. The summed E-state index contributed by atoms with van der Waals surface area (Å²) in [5, 5.41) is 1.84. The maximum absolute atomic E-state index is 12.6. The molecule has 0 aliphatic carbocycles. The van der Waals surface area contributed by atoms with Crippen LogP contribution >= 0.6 is 22.7 Å². The second kappa shape index (κ2) is 5.74. The van der Waals surface area contributed by atoms with Crippen molar-refractivity contribution < 1.29 is 4.79 Å². The van der Waals surface area contributed by atoms with Gasteiger partial charge >= 0.3 is 0 Å². The molecular formula is C15H20N2OS2. The number of hydrogen-bond acceptors (Lipinski definition) is 5. The van der Waals surface area contributed by atoms with Crippen molar-refractivity contribution in [2.24, 2.45) is 0 Å². The summed E-state index contributed by atoms with van der Waals surface area (Å²) >= 11 is 3.25. The fraction of sp³-hybridized carbons (Fsp3) is 0.533. The van der Waals surface area contributed by atoms with Gasteiger partial charge in [0.2, 0.25) is 0 Å². The zero-order chi connectivity index (χ0) is 15.0. The highest BCUT2D eigenvalue weighted by molar-refractivity contribution is 7.12. The summed E-state index contributed by atoms with van der Waals surface area (Å²) in [6.07, 6.45) is 0. The SMILES string of the molecule is Cc1nc(C(C)C(=O)C(C)c2nc(C)c(C)s2)sc1C. The summed E-state index contributed by atoms with van der Waals surface area (Å²) < 4.78 is 0. The Morgan fingerprint density at radius 2 is 1.20 bits per heavy atom. The summed E-state index contributed by atoms with van der Waals surface area (Å²) in [6.45, 7) is 12.0. The van der Waals surface area contributed by atoms with Gasteiger partial charge in [0.05, 0.1) is 23.2 Å². The molecular weight excluding hydrogens is 288 g/mol. The molecule has 20 heavy (non-hydrogen) atoms. The van der Waals surface area contributed by atoms with E-state index in [1.54, 1.807) is 22.7 Å². The van der Waals surface area contributed by atoms with E-state index in [4.69, 9.17) is 0 Å². The molecule has 108 valence electrons. The van der Waals surface area contributed by atoms with Crippen molar-refractivity contribution in [2.45, 2.75) is 53.4 Å². The third kappa shape index (κ3) is 2.83. The molecule has 0 N–H and O–H groups in total. The molecule has 2 aromatic rings. The Hall–Kier alpha value is -1.07. The first-order valence-electron chi connectivity index (χ1n) is 6.72. The lowest BCUT2D eigenvalue weighted by molar-refractivity contribution is -0.121. The van der Waals surface area contributed by atoms with E-state index in [1.807, 2.05) is 41.5 Å². The molecule has 0 bridgehead atoms. The molecule has 0 aliphatic heterocycles. The van der Waals surface area contributed by atoms with Crippen LogP contribution in [-0.4, -0.2) is 15.8 Å². The molecule has 5 heteroatoms. The molecule has 2 rings (SSSR count). The van der Waals surface area contributed by atoms with Crippen LogP contribution in [0.25, 0.3) is 0 Å². The van der Waals surface area contributed by atoms with Gasteiger partial charge in [-0.2, -0.15) is 0 Å². The van der Waals surface area contributed by atoms with E-state index >= 15 is 0 Å². The van der Waals surface area contributed by atoms with E-state index in [2.05, 4.69) is 9.97 Å². The molecule has 2 heterocycles. The smallest absolute Gasteiger partial charge is 0.152 e. The molecule has 0 amide bonds. The van der Waals surface area contributed by atoms with E-state index in [0.29, 0.717) is 0 Å². The summed E-state index contributed by atoms with van der Waals surface area (Å²) in [5.74, 6) is -0.119. The Morgan fingerprint density at radius 3 is 1.45 bits per heavy atom. The van der Waals surface area contributed by atoms with Gasteiger partial charge in [0.1, 0.15) is 10.0 Å². The molecule has 0 aromatic carbocycles. The molecule has 0 radical (unpaired) electrons. The van der Waals surface area contributed by atoms with E-state index in [-0.39, 0.29) is 17.6 Å². The zero-order valence-electron chi connectivity index (χ0n) is 12.8. The standard InChI is InChI=1S/C15H20N2OS2/c1-7(14-16-9(3)11(5)19-14)13(18)8(2)15-17-10(4)12(6)20-15/h7-8H,1-6H3. The topological polar surface area (TPSA) is 42.9 Å². The lowest BCUT2D eigenvalue weighted by Crippen LogP contribution is -2.16. The lowest BCUT2D eigenvalue weighted by atomic mass is 9.96. The number of ketones is 1. The molecule has 3 nitrogen and oxygen atoms in total. The van der Waals surface area contributed by atoms with Crippen LogP contribution in [0.3, 0.4) is 0 Å². The van der Waals surface area contributed by atoms with Gasteiger partial charge in [-0.05, 0) is 41.5 Å². The Labute approximate surface area is 128 Å². The van der Waals surface area contributed by atoms with E-state index in [1.165, 1.54) is 9.75 Å². The highest BCUT2D eigenvalue weighted by Crippen LogP contribution is 2.32. The lowest BCUT2D eigenvalue weighted by Gasteiger charge is -2.12. The number of aryl methyl sites for hydroxylation is 4. The first-order valence-corrected chi connectivity index (χ1v) is 8.36. The first-order chi connectivity index (χ1) is 9.31. The highest BCUT2D eigenvalue weighted by Gasteiger charge is 2.27. The Kier molecular flexibility index (Phi) is 4.39. The van der Waals surface area contributed by atoms with Crippen LogP contribution in [0.15, 0.2) is 0 Å². The Morgan fingerprint density at radius 1 is 0.850 bits per heavy atom. The van der Waals surface area contributed by atoms with Crippen molar-refractivity contribution >= 4 is 28.5 Å². The van der Waals surface area contributed by atoms with Crippen LogP contribution in [0.1, 0.15) is 56.8 Å². The Balaban J connectivity index is 2.21. The van der Waals surface area contributed by atoms with Crippen molar-refractivity contribution in [1.82, 2.24) is 9.97 Å². The van der Waals surface area contributed by atoms with Crippen molar-refractivity contribution in [3.63, 3.8) is 0 Å². The summed E-state index contributed by atoms with van der Waals surface area (Å²) in [6, 6.07) is 0. The molecule has 0 saturated heterocycles. The fourth-order valence-corrected chi connectivity index (χ4v) is 3.95. The van der Waals surface area contributed by atoms with Crippen molar-refractivity contribution in [2.75, 3.05) is 0 Å². The number of hydrogen-bond donors (Lipinski definition) is 0. The second-order valence-electron chi connectivity index (χ2n) is 5.23. The van der Waals surface area contributed by atoms with Gasteiger partial charge in [0, 0.05) is 9.75 Å². The monoisotopic (exact) mass is 308 g/mol. The minimum atomic E-state index is -0.160. The molecule has 2 aromatic heterocycles. The third-order valence-corrected chi connectivity index (χ3v) is 6.20. The summed E-state index contributed by atoms with van der Waals surface area (Å²) in [5.41, 5.74) is 2.05. The van der Waals surface area contributed by atoms with Crippen molar-refractivity contribution in [1.29, 1.82) is 0 Å². The van der Waals surface area contributed by atoms with Crippen LogP contribution < -0.4 is 0 Å². The summed E-state index contributed by atoms with van der Waals surface area (Å²) in [4.78, 5) is 24.0. The number of aromatic nitrogens is 2. The predicted molar refractivity (Wildman–Crippen MR) is 85.0 cm³/mol. The largest absolute Gasteiger partial charge is 0.298 e. The Bertz CT molecular complexity index is 549. The maximum Gasteiger partial charge on any atom is 0.152 e. The van der Waals surface area contributed by atoms with Crippen LogP contribution in [0.5, 0.6) is 0 Å². The molecule has 0 aliphatic rings. The molecule has 2 unspecified atom stereocenters. The minimum absolute atomic E-state index is 0.160. The molecule has 0 fully saturated rings. The number of Topliss-reactive ketones (excluding diaryl/α,β-unsaturated/α-hetero) is 1. The zero-order valence-corrected chi connectivity index (χ0v) is 14.4. The van der Waals surface area contributed by atoms with Crippen LogP contribution in [-0.2, 0) is 4.79 Å². The van der Waals surface area contributed by atoms with Gasteiger partial charge in [-0.15, -0.1) is 22.7 Å². The number of carbonyl (C=O) groups excluding carboxylic acids is 1. The van der Waals surface area contributed by atoms with Crippen LogP contribution in [0.4, 0.5) is 0 Å². The number of carbonyl (C=O) groups is 1. The molecule has 2 atom stereocenters. The minimum Gasteiger partial charge on any atom is -0.298 e. The normalized spacial score (nSPS) is 14.3.